The molecule has 7 nitrogen and oxygen atoms in total. The van der Waals surface area contributed by atoms with Crippen molar-refractivity contribution in [1.29, 1.82) is 0 Å². The van der Waals surface area contributed by atoms with Gasteiger partial charge in [-0.1, -0.05) is 20.8 Å². The Morgan fingerprint density at radius 1 is 1.30 bits per heavy atom. The molecule has 0 aliphatic carbocycles. The molecule has 138 valence electrons. The van der Waals surface area contributed by atoms with Crippen LogP contribution in [0.2, 0.25) is 0 Å². The van der Waals surface area contributed by atoms with Crippen LogP contribution in [-0.2, 0) is 9.59 Å². The predicted molar refractivity (Wildman–Crippen MR) is 103 cm³/mol. The van der Waals surface area contributed by atoms with Crippen molar-refractivity contribution >= 4 is 39.7 Å². The number of benzene rings is 1. The average Bonchev–Trinajstić information content (AvgIpc) is 3.33. The number of hydrogen-bond donors (Lipinski definition) is 2. The molecule has 0 radical (unpaired) electrons. The number of carbonyl (C=O) groups excluding carboxylic acids is 2. The van der Waals surface area contributed by atoms with Crippen LogP contribution in [0.1, 0.15) is 31.8 Å². The number of nitrogens with zero attached hydrogens (tertiary/aromatic N) is 3. The van der Waals surface area contributed by atoms with Gasteiger partial charge in [0.15, 0.2) is 11.5 Å². The summed E-state index contributed by atoms with van der Waals surface area (Å²) in [6, 6.07) is 4.55. The first kappa shape index (κ1) is 17.4. The number of rotatable bonds is 3. The van der Waals surface area contributed by atoms with Crippen molar-refractivity contribution in [3.05, 3.63) is 52.4 Å². The van der Waals surface area contributed by atoms with Crippen LogP contribution in [0.4, 0.5) is 5.69 Å². The highest BCUT2D eigenvalue weighted by atomic mass is 32.1. The van der Waals surface area contributed by atoms with Gasteiger partial charge in [0.25, 0.3) is 5.91 Å². The number of hydrogen-bond acceptors (Lipinski definition) is 6. The van der Waals surface area contributed by atoms with E-state index in [0.717, 1.165) is 11.0 Å². The summed E-state index contributed by atoms with van der Waals surface area (Å²) >= 11 is 1.34. The lowest BCUT2D eigenvalue weighted by Gasteiger charge is -2.27. The Morgan fingerprint density at radius 3 is 2.74 bits per heavy atom. The highest BCUT2D eigenvalue weighted by Crippen LogP contribution is 2.44. The third-order valence-electron chi connectivity index (χ3n) is 4.50. The van der Waals surface area contributed by atoms with Crippen molar-refractivity contribution in [3.63, 3.8) is 0 Å². The van der Waals surface area contributed by atoms with Gasteiger partial charge in [0.1, 0.15) is 11.0 Å². The molecule has 3 heterocycles. The average molecular weight is 382 g/mol. The van der Waals surface area contributed by atoms with E-state index in [0.29, 0.717) is 10.7 Å². The van der Waals surface area contributed by atoms with Crippen molar-refractivity contribution in [2.75, 3.05) is 4.90 Å². The summed E-state index contributed by atoms with van der Waals surface area (Å²) in [4.78, 5) is 38.9. The Morgan fingerprint density at radius 2 is 2.07 bits per heavy atom. The molecule has 0 unspecified atom stereocenters. The number of aromatic nitrogens is 3. The summed E-state index contributed by atoms with van der Waals surface area (Å²) in [6.07, 6.45) is 3.19. The molecule has 0 spiro atoms. The molecule has 4 rings (SSSR count). The maximum absolute atomic E-state index is 13.0. The van der Waals surface area contributed by atoms with E-state index < -0.39 is 23.1 Å². The van der Waals surface area contributed by atoms with Crippen LogP contribution in [0, 0.1) is 5.41 Å². The minimum atomic E-state index is -0.760. The number of aliphatic hydroxyl groups excluding tert-OH is 1. The summed E-state index contributed by atoms with van der Waals surface area (Å²) in [5.74, 6) is -1.40. The summed E-state index contributed by atoms with van der Waals surface area (Å²) < 4.78 is 0. The molecule has 0 fully saturated rings. The standard InChI is InChI=1S/C19H18N4O3S/c1-19(2,3)16(25)13-14(17-20-6-7-27-17)23(18(26)15(13)24)10-4-5-11-12(8-10)22-9-21-11/h4-9,14,24H,1-3H3,(H,21,22)/t14-/m0/s1. The Hall–Kier alpha value is -3.00. The first-order chi connectivity index (χ1) is 12.8. The Kier molecular flexibility index (Phi) is 3.88. The normalized spacial score (nSPS) is 18.0. The minimum Gasteiger partial charge on any atom is -0.503 e. The number of fused-ring (bicyclic) bond motifs is 1. The van der Waals surface area contributed by atoms with E-state index in [4.69, 9.17) is 0 Å². The molecule has 0 saturated carbocycles. The van der Waals surface area contributed by atoms with E-state index in [9.17, 15) is 14.7 Å². The molecule has 0 bridgehead atoms. The number of aromatic amines is 1. The summed E-state index contributed by atoms with van der Waals surface area (Å²) in [7, 11) is 0. The Balaban J connectivity index is 1.89. The van der Waals surface area contributed by atoms with Crippen molar-refractivity contribution in [1.82, 2.24) is 15.0 Å². The molecule has 2 aromatic heterocycles. The van der Waals surface area contributed by atoms with Crippen LogP contribution < -0.4 is 4.90 Å². The fourth-order valence-corrected chi connectivity index (χ4v) is 3.92. The molecule has 1 atom stereocenters. The third-order valence-corrected chi connectivity index (χ3v) is 5.33. The minimum absolute atomic E-state index is 0.0900. The van der Waals surface area contributed by atoms with Gasteiger partial charge in [0, 0.05) is 22.7 Å². The van der Waals surface area contributed by atoms with E-state index in [-0.39, 0.29) is 11.4 Å². The molecule has 1 amide bonds. The Labute approximate surface area is 159 Å². The molecular weight excluding hydrogens is 364 g/mol. The van der Waals surface area contributed by atoms with E-state index in [2.05, 4.69) is 15.0 Å². The number of amides is 1. The van der Waals surface area contributed by atoms with Gasteiger partial charge in [-0.3, -0.25) is 14.5 Å². The largest absolute Gasteiger partial charge is 0.503 e. The van der Waals surface area contributed by atoms with Gasteiger partial charge in [0.2, 0.25) is 0 Å². The maximum Gasteiger partial charge on any atom is 0.294 e. The topological polar surface area (TPSA) is 99.2 Å². The number of H-pyrrole nitrogens is 1. The molecule has 2 N–H and O–H groups in total. The van der Waals surface area contributed by atoms with Crippen LogP contribution in [-0.4, -0.2) is 31.7 Å². The fourth-order valence-electron chi connectivity index (χ4n) is 3.18. The summed E-state index contributed by atoms with van der Waals surface area (Å²) in [5.41, 5.74) is 1.42. The van der Waals surface area contributed by atoms with Gasteiger partial charge >= 0.3 is 0 Å². The molecule has 1 aliphatic heterocycles. The first-order valence-corrected chi connectivity index (χ1v) is 9.31. The first-order valence-electron chi connectivity index (χ1n) is 8.43. The summed E-state index contributed by atoms with van der Waals surface area (Å²) in [5, 5.41) is 12.9. The predicted octanol–water partition coefficient (Wildman–Crippen LogP) is 3.53. The lowest BCUT2D eigenvalue weighted by atomic mass is 9.84. The van der Waals surface area contributed by atoms with Crippen molar-refractivity contribution in [3.8, 4) is 0 Å². The van der Waals surface area contributed by atoms with Crippen molar-refractivity contribution in [2.45, 2.75) is 26.8 Å². The lowest BCUT2D eigenvalue weighted by molar-refractivity contribution is -0.123. The monoisotopic (exact) mass is 382 g/mol. The quantitative estimate of drug-likeness (QED) is 0.722. The van der Waals surface area contributed by atoms with Gasteiger partial charge in [-0.25, -0.2) is 9.97 Å². The number of Topliss-reactive ketones (excluding diaryl/α,β-unsaturated/α-hetero) is 1. The smallest absolute Gasteiger partial charge is 0.294 e. The zero-order chi connectivity index (χ0) is 19.3. The molecule has 8 heteroatoms. The number of aliphatic hydroxyl groups is 1. The van der Waals surface area contributed by atoms with E-state index in [1.807, 2.05) is 0 Å². The highest BCUT2D eigenvalue weighted by Gasteiger charge is 2.47. The molecule has 27 heavy (non-hydrogen) atoms. The molecule has 0 saturated heterocycles. The van der Waals surface area contributed by atoms with Gasteiger partial charge in [-0.15, -0.1) is 11.3 Å². The van der Waals surface area contributed by atoms with Gasteiger partial charge < -0.3 is 10.1 Å². The number of thiazole rings is 1. The third kappa shape index (κ3) is 2.73. The van der Waals surface area contributed by atoms with Crippen LogP contribution in [0.25, 0.3) is 11.0 Å². The number of ketones is 1. The van der Waals surface area contributed by atoms with Crippen molar-refractivity contribution in [2.24, 2.45) is 5.41 Å². The van der Waals surface area contributed by atoms with Crippen LogP contribution in [0.3, 0.4) is 0 Å². The van der Waals surface area contributed by atoms with Gasteiger partial charge in [-0.2, -0.15) is 0 Å². The molecule has 1 aromatic carbocycles. The number of carbonyl (C=O) groups is 2. The van der Waals surface area contributed by atoms with Gasteiger partial charge in [0.05, 0.1) is 22.9 Å². The second-order valence-electron chi connectivity index (χ2n) is 7.39. The lowest BCUT2D eigenvalue weighted by Crippen LogP contribution is -2.32. The molecule has 1 aliphatic rings. The highest BCUT2D eigenvalue weighted by molar-refractivity contribution is 7.09. The van der Waals surface area contributed by atoms with E-state index >= 15 is 0 Å². The second-order valence-corrected chi connectivity index (χ2v) is 8.32. The molecule has 3 aromatic rings. The zero-order valence-corrected chi connectivity index (χ0v) is 15.9. The molecular formula is C19H18N4O3S. The summed E-state index contributed by atoms with van der Waals surface area (Å²) in [6.45, 7) is 5.29. The van der Waals surface area contributed by atoms with Crippen LogP contribution >= 0.6 is 11.3 Å². The van der Waals surface area contributed by atoms with Crippen molar-refractivity contribution < 1.29 is 14.7 Å². The number of anilines is 1. The van der Waals surface area contributed by atoms with Crippen LogP contribution in [0.5, 0.6) is 0 Å². The Bertz CT molecular complexity index is 1080. The van der Waals surface area contributed by atoms with Crippen LogP contribution in [0.15, 0.2) is 47.4 Å². The maximum atomic E-state index is 13.0. The zero-order valence-electron chi connectivity index (χ0n) is 15.1. The number of nitrogens with one attached hydrogen (secondary N) is 1. The fraction of sp³-hybridized carbons (Fsp3) is 0.263. The van der Waals surface area contributed by atoms with E-state index in [1.165, 1.54) is 16.2 Å². The SMILES string of the molecule is CC(C)(C)C(=O)C1=C(O)C(=O)N(c2ccc3nc[nH]c3c2)[C@@H]1c1nccs1. The van der Waals surface area contributed by atoms with Gasteiger partial charge in [-0.05, 0) is 18.2 Å². The van der Waals surface area contributed by atoms with E-state index in [1.54, 1.807) is 56.9 Å². The second kappa shape index (κ2) is 6.02. The number of imidazole rings is 1.